The fourth-order valence-electron chi connectivity index (χ4n) is 2.03. The molecular formula is C13H17N3O2. The molecule has 96 valence electrons. The number of ether oxygens (including phenoxy) is 2. The van der Waals surface area contributed by atoms with E-state index in [-0.39, 0.29) is 12.3 Å². The van der Waals surface area contributed by atoms with Crippen LogP contribution in [0.1, 0.15) is 24.8 Å². The molecule has 5 heteroatoms. The first kappa shape index (κ1) is 12.9. The summed E-state index contributed by atoms with van der Waals surface area (Å²) >= 11 is 0. The van der Waals surface area contributed by atoms with Gasteiger partial charge in [-0.2, -0.15) is 0 Å². The second kappa shape index (κ2) is 7.01. The molecule has 0 radical (unpaired) electrons. The van der Waals surface area contributed by atoms with E-state index < -0.39 is 0 Å². The quantitative estimate of drug-likeness (QED) is 0.454. The van der Waals surface area contributed by atoms with E-state index in [1.165, 1.54) is 0 Å². The highest BCUT2D eigenvalue weighted by molar-refractivity contribution is 5.13. The van der Waals surface area contributed by atoms with Crippen LogP contribution in [0.25, 0.3) is 10.4 Å². The molecule has 0 spiro atoms. The molecule has 2 atom stereocenters. The van der Waals surface area contributed by atoms with E-state index in [0.717, 1.165) is 24.8 Å². The van der Waals surface area contributed by atoms with Crippen LogP contribution in [0.2, 0.25) is 0 Å². The molecule has 1 heterocycles. The fraction of sp³-hybridized carbons (Fsp3) is 0.538. The number of rotatable bonds is 5. The summed E-state index contributed by atoms with van der Waals surface area (Å²) in [5.41, 5.74) is 9.53. The molecule has 1 aliphatic rings. The van der Waals surface area contributed by atoms with Crippen LogP contribution in [-0.4, -0.2) is 18.9 Å². The third kappa shape index (κ3) is 4.04. The van der Waals surface area contributed by atoms with Crippen LogP contribution < -0.4 is 0 Å². The molecule has 0 aliphatic carbocycles. The van der Waals surface area contributed by atoms with Crippen LogP contribution in [0.3, 0.4) is 0 Å². The molecule has 0 aromatic heterocycles. The zero-order chi connectivity index (χ0) is 12.6. The van der Waals surface area contributed by atoms with Gasteiger partial charge in [0, 0.05) is 4.91 Å². The van der Waals surface area contributed by atoms with Gasteiger partial charge in [0.15, 0.2) is 0 Å². The molecule has 1 aromatic rings. The maximum atomic E-state index is 8.38. The first-order valence-corrected chi connectivity index (χ1v) is 6.20. The van der Waals surface area contributed by atoms with Crippen LogP contribution in [0, 0.1) is 0 Å². The topological polar surface area (TPSA) is 67.2 Å². The van der Waals surface area contributed by atoms with Gasteiger partial charge in [-0.3, -0.25) is 0 Å². The summed E-state index contributed by atoms with van der Waals surface area (Å²) in [6, 6.07) is 10.0. The van der Waals surface area contributed by atoms with Gasteiger partial charge in [0.25, 0.3) is 0 Å². The van der Waals surface area contributed by atoms with E-state index in [1.54, 1.807) is 0 Å². The van der Waals surface area contributed by atoms with Gasteiger partial charge in [0.2, 0.25) is 0 Å². The molecule has 5 nitrogen and oxygen atoms in total. The van der Waals surface area contributed by atoms with E-state index in [9.17, 15) is 0 Å². The zero-order valence-electron chi connectivity index (χ0n) is 10.2. The van der Waals surface area contributed by atoms with Gasteiger partial charge >= 0.3 is 0 Å². The summed E-state index contributed by atoms with van der Waals surface area (Å²) in [5.74, 6) is 0. The first-order chi connectivity index (χ1) is 8.88. The van der Waals surface area contributed by atoms with Crippen molar-refractivity contribution in [2.24, 2.45) is 5.11 Å². The van der Waals surface area contributed by atoms with Gasteiger partial charge in [0.05, 0.1) is 19.3 Å². The Kier molecular flexibility index (Phi) is 5.02. The molecule has 2 rings (SSSR count). The lowest BCUT2D eigenvalue weighted by molar-refractivity contribution is -0.0858. The SMILES string of the molecule is [N-]=[N+]=NC1CCC[C@@H](COCc2ccccc2)O1. The summed E-state index contributed by atoms with van der Waals surface area (Å²) in [6.07, 6.45) is 2.50. The highest BCUT2D eigenvalue weighted by Gasteiger charge is 2.21. The maximum Gasteiger partial charge on any atom is 0.137 e. The maximum absolute atomic E-state index is 8.38. The number of azide groups is 1. The van der Waals surface area contributed by atoms with Crippen molar-refractivity contribution in [2.45, 2.75) is 38.2 Å². The smallest absolute Gasteiger partial charge is 0.137 e. The molecule has 0 saturated carbocycles. The lowest BCUT2D eigenvalue weighted by Crippen LogP contribution is -2.29. The molecule has 1 unspecified atom stereocenters. The Balaban J connectivity index is 1.72. The average molecular weight is 247 g/mol. The number of benzene rings is 1. The minimum absolute atomic E-state index is 0.0398. The van der Waals surface area contributed by atoms with E-state index in [1.807, 2.05) is 30.3 Å². The monoisotopic (exact) mass is 247 g/mol. The molecule has 0 amide bonds. The van der Waals surface area contributed by atoms with Crippen LogP contribution in [0.15, 0.2) is 35.4 Å². The number of hydrogen-bond acceptors (Lipinski definition) is 3. The van der Waals surface area contributed by atoms with Crippen molar-refractivity contribution in [3.05, 3.63) is 46.3 Å². The molecule has 1 aromatic carbocycles. The van der Waals surface area contributed by atoms with Gasteiger partial charge < -0.3 is 9.47 Å². The van der Waals surface area contributed by atoms with Crippen molar-refractivity contribution >= 4 is 0 Å². The summed E-state index contributed by atoms with van der Waals surface area (Å²) in [6.45, 7) is 1.14. The van der Waals surface area contributed by atoms with Crippen molar-refractivity contribution in [1.82, 2.24) is 0 Å². The van der Waals surface area contributed by atoms with Crippen LogP contribution in [0.4, 0.5) is 0 Å². The van der Waals surface area contributed by atoms with Crippen molar-refractivity contribution in [3.63, 3.8) is 0 Å². The highest BCUT2D eigenvalue weighted by Crippen LogP contribution is 2.20. The molecule has 1 fully saturated rings. The van der Waals surface area contributed by atoms with Crippen molar-refractivity contribution in [3.8, 4) is 0 Å². The van der Waals surface area contributed by atoms with E-state index in [2.05, 4.69) is 10.0 Å². The first-order valence-electron chi connectivity index (χ1n) is 6.20. The Hall–Kier alpha value is -1.55. The Morgan fingerprint density at radius 1 is 1.33 bits per heavy atom. The average Bonchev–Trinajstić information content (AvgIpc) is 2.41. The van der Waals surface area contributed by atoms with E-state index in [4.69, 9.17) is 15.0 Å². The summed E-state index contributed by atoms with van der Waals surface area (Å²) in [5, 5.41) is 3.60. The molecule has 1 aliphatic heterocycles. The third-order valence-electron chi connectivity index (χ3n) is 2.92. The van der Waals surface area contributed by atoms with Gasteiger partial charge in [-0.15, -0.1) is 0 Å². The highest BCUT2D eigenvalue weighted by atomic mass is 16.5. The fourth-order valence-corrected chi connectivity index (χ4v) is 2.03. The van der Waals surface area contributed by atoms with Crippen LogP contribution in [0.5, 0.6) is 0 Å². The Morgan fingerprint density at radius 2 is 2.17 bits per heavy atom. The number of hydrogen-bond donors (Lipinski definition) is 0. The lowest BCUT2D eigenvalue weighted by atomic mass is 10.1. The second-order valence-corrected chi connectivity index (χ2v) is 4.35. The standard InChI is InChI=1S/C13H17N3O2/c14-16-15-13-8-4-7-12(18-13)10-17-9-11-5-2-1-3-6-11/h1-3,5-6,12-13H,4,7-10H2/t12-,13?/m0/s1. The predicted octanol–water partition coefficient (Wildman–Crippen LogP) is 3.41. The van der Waals surface area contributed by atoms with Crippen LogP contribution >= 0.6 is 0 Å². The minimum Gasteiger partial charge on any atom is -0.374 e. The van der Waals surface area contributed by atoms with Gasteiger partial charge in [-0.1, -0.05) is 35.4 Å². The molecule has 1 saturated heterocycles. The molecule has 0 bridgehead atoms. The van der Waals surface area contributed by atoms with E-state index >= 15 is 0 Å². The van der Waals surface area contributed by atoms with Crippen molar-refractivity contribution in [2.75, 3.05) is 6.61 Å². The largest absolute Gasteiger partial charge is 0.374 e. The Morgan fingerprint density at radius 3 is 2.94 bits per heavy atom. The van der Waals surface area contributed by atoms with Crippen molar-refractivity contribution in [1.29, 1.82) is 0 Å². The van der Waals surface area contributed by atoms with Gasteiger partial charge in [0.1, 0.15) is 6.23 Å². The molecule has 0 N–H and O–H groups in total. The Labute approximate surface area is 106 Å². The second-order valence-electron chi connectivity index (χ2n) is 4.35. The third-order valence-corrected chi connectivity index (χ3v) is 2.92. The summed E-state index contributed by atoms with van der Waals surface area (Å²) in [7, 11) is 0. The lowest BCUT2D eigenvalue weighted by Gasteiger charge is -2.27. The molecular weight excluding hydrogens is 230 g/mol. The Bertz CT molecular complexity index is 404. The molecule has 18 heavy (non-hydrogen) atoms. The summed E-state index contributed by atoms with van der Waals surface area (Å²) in [4.78, 5) is 2.78. The van der Waals surface area contributed by atoms with Crippen molar-refractivity contribution < 1.29 is 9.47 Å². The van der Waals surface area contributed by atoms with Gasteiger partial charge in [-0.05, 0) is 30.4 Å². The summed E-state index contributed by atoms with van der Waals surface area (Å²) < 4.78 is 11.2. The predicted molar refractivity (Wildman–Crippen MR) is 67.8 cm³/mol. The normalized spacial score (nSPS) is 23.3. The minimum atomic E-state index is -0.325. The van der Waals surface area contributed by atoms with Gasteiger partial charge in [-0.25, -0.2) is 0 Å². The van der Waals surface area contributed by atoms with Crippen LogP contribution in [-0.2, 0) is 16.1 Å². The van der Waals surface area contributed by atoms with E-state index in [0.29, 0.717) is 13.2 Å². The zero-order valence-corrected chi connectivity index (χ0v) is 10.2. The number of nitrogens with zero attached hydrogens (tertiary/aromatic N) is 3.